The lowest BCUT2D eigenvalue weighted by Crippen LogP contribution is -2.21. The lowest BCUT2D eigenvalue weighted by molar-refractivity contribution is 0.0955. The minimum absolute atomic E-state index is 0.0761. The predicted octanol–water partition coefficient (Wildman–Crippen LogP) is 3.95. The van der Waals surface area contributed by atoms with Crippen molar-refractivity contribution in [3.8, 4) is 27.7 Å². The van der Waals surface area contributed by atoms with Crippen molar-refractivity contribution in [1.29, 1.82) is 0 Å². The number of benzene rings is 2. The SMILES string of the molecule is COc1cc(CNC(=O)c2cc3c(s2)-c2ccccc2OC3)ccc1O. The van der Waals surface area contributed by atoms with E-state index in [0.717, 1.165) is 27.3 Å². The Labute approximate surface area is 154 Å². The van der Waals surface area contributed by atoms with E-state index in [1.807, 2.05) is 30.3 Å². The monoisotopic (exact) mass is 367 g/mol. The molecule has 0 saturated heterocycles. The molecular formula is C20H17NO4S. The first-order valence-electron chi connectivity index (χ1n) is 8.14. The van der Waals surface area contributed by atoms with Crippen molar-refractivity contribution >= 4 is 17.2 Å². The van der Waals surface area contributed by atoms with Gasteiger partial charge >= 0.3 is 0 Å². The number of nitrogens with one attached hydrogen (secondary N) is 1. The van der Waals surface area contributed by atoms with Crippen molar-refractivity contribution in [2.75, 3.05) is 7.11 Å². The molecule has 4 rings (SSSR count). The van der Waals surface area contributed by atoms with Crippen LogP contribution >= 0.6 is 11.3 Å². The number of rotatable bonds is 4. The number of hydrogen-bond acceptors (Lipinski definition) is 5. The number of thiophene rings is 1. The van der Waals surface area contributed by atoms with Crippen LogP contribution in [0.4, 0.5) is 0 Å². The third-order valence-electron chi connectivity index (χ3n) is 4.24. The fraction of sp³-hybridized carbons (Fsp3) is 0.150. The summed E-state index contributed by atoms with van der Waals surface area (Å²) in [5, 5.41) is 12.6. The zero-order valence-corrected chi connectivity index (χ0v) is 14.9. The van der Waals surface area contributed by atoms with E-state index in [0.29, 0.717) is 23.8 Å². The van der Waals surface area contributed by atoms with Crippen LogP contribution < -0.4 is 14.8 Å². The maximum Gasteiger partial charge on any atom is 0.261 e. The molecule has 0 saturated carbocycles. The van der Waals surface area contributed by atoms with Crippen molar-refractivity contribution in [3.05, 3.63) is 64.5 Å². The molecular weight excluding hydrogens is 350 g/mol. The molecule has 2 N–H and O–H groups in total. The van der Waals surface area contributed by atoms with E-state index in [1.165, 1.54) is 18.4 Å². The van der Waals surface area contributed by atoms with Crippen LogP contribution in [0, 0.1) is 0 Å². The van der Waals surface area contributed by atoms with Gasteiger partial charge in [-0.2, -0.15) is 0 Å². The van der Waals surface area contributed by atoms with E-state index in [2.05, 4.69) is 5.32 Å². The Morgan fingerprint density at radius 2 is 2.12 bits per heavy atom. The molecule has 5 nitrogen and oxygen atoms in total. The van der Waals surface area contributed by atoms with Crippen molar-refractivity contribution < 1.29 is 19.4 Å². The first-order chi connectivity index (χ1) is 12.7. The molecule has 0 atom stereocenters. The quantitative estimate of drug-likeness (QED) is 0.733. The number of aromatic hydroxyl groups is 1. The van der Waals surface area contributed by atoms with Crippen LogP contribution in [-0.4, -0.2) is 18.1 Å². The fourth-order valence-corrected chi connectivity index (χ4v) is 4.03. The Hall–Kier alpha value is -2.99. The molecule has 0 spiro atoms. The van der Waals surface area contributed by atoms with E-state index >= 15 is 0 Å². The molecule has 0 unspecified atom stereocenters. The Morgan fingerprint density at radius 3 is 2.96 bits per heavy atom. The Bertz CT molecular complexity index is 980. The second-order valence-electron chi connectivity index (χ2n) is 5.94. The highest BCUT2D eigenvalue weighted by atomic mass is 32.1. The van der Waals surface area contributed by atoms with Gasteiger partial charge in [0, 0.05) is 22.5 Å². The molecule has 1 aromatic heterocycles. The van der Waals surface area contributed by atoms with Gasteiger partial charge in [0.25, 0.3) is 5.91 Å². The summed E-state index contributed by atoms with van der Waals surface area (Å²) >= 11 is 1.47. The fourth-order valence-electron chi connectivity index (χ4n) is 2.91. The molecule has 2 heterocycles. The average molecular weight is 367 g/mol. The highest BCUT2D eigenvalue weighted by molar-refractivity contribution is 7.17. The summed E-state index contributed by atoms with van der Waals surface area (Å²) < 4.78 is 10.8. The van der Waals surface area contributed by atoms with Crippen molar-refractivity contribution in [3.63, 3.8) is 0 Å². The van der Waals surface area contributed by atoms with Gasteiger partial charge in [-0.1, -0.05) is 18.2 Å². The zero-order chi connectivity index (χ0) is 18.1. The number of carbonyl (C=O) groups is 1. The average Bonchev–Trinajstić information content (AvgIpc) is 3.12. The summed E-state index contributed by atoms with van der Waals surface area (Å²) in [4.78, 5) is 14.3. The highest BCUT2D eigenvalue weighted by Crippen LogP contribution is 2.42. The molecule has 0 fully saturated rings. The maximum absolute atomic E-state index is 12.5. The minimum atomic E-state index is -0.131. The number of para-hydroxylation sites is 1. The number of ether oxygens (including phenoxy) is 2. The molecule has 3 aromatic rings. The van der Waals surface area contributed by atoms with E-state index < -0.39 is 0 Å². The lowest BCUT2D eigenvalue weighted by atomic mass is 10.1. The van der Waals surface area contributed by atoms with Crippen LogP contribution in [0.2, 0.25) is 0 Å². The van der Waals surface area contributed by atoms with Crippen LogP contribution in [0.3, 0.4) is 0 Å². The summed E-state index contributed by atoms with van der Waals surface area (Å²) in [5.74, 6) is 1.18. The minimum Gasteiger partial charge on any atom is -0.504 e. The van der Waals surface area contributed by atoms with E-state index in [4.69, 9.17) is 9.47 Å². The number of phenolic OH excluding ortho intramolecular Hbond substituents is 1. The molecule has 6 heteroatoms. The molecule has 0 bridgehead atoms. The van der Waals surface area contributed by atoms with Crippen LogP contribution in [0.15, 0.2) is 48.5 Å². The van der Waals surface area contributed by atoms with Gasteiger partial charge in [-0.05, 0) is 35.9 Å². The molecule has 0 radical (unpaired) electrons. The maximum atomic E-state index is 12.5. The van der Waals surface area contributed by atoms with Crippen LogP contribution in [0.25, 0.3) is 10.4 Å². The highest BCUT2D eigenvalue weighted by Gasteiger charge is 2.22. The van der Waals surface area contributed by atoms with Crippen LogP contribution in [0.5, 0.6) is 17.2 Å². The van der Waals surface area contributed by atoms with Gasteiger partial charge in [0.1, 0.15) is 12.4 Å². The zero-order valence-electron chi connectivity index (χ0n) is 14.1. The van der Waals surface area contributed by atoms with Gasteiger partial charge in [-0.25, -0.2) is 0 Å². The first kappa shape index (κ1) is 16.5. The predicted molar refractivity (Wildman–Crippen MR) is 99.9 cm³/mol. The summed E-state index contributed by atoms with van der Waals surface area (Å²) in [6, 6.07) is 14.8. The molecule has 1 amide bonds. The van der Waals surface area contributed by atoms with E-state index in [1.54, 1.807) is 18.2 Å². The standard InChI is InChI=1S/C20H17NO4S/c1-24-17-8-12(6-7-15(17)22)10-21-20(23)18-9-13-11-25-16-5-3-2-4-14(16)19(13)26-18/h2-9,22H,10-11H2,1H3,(H,21,23). The molecule has 1 aliphatic heterocycles. The smallest absolute Gasteiger partial charge is 0.261 e. The Morgan fingerprint density at radius 1 is 1.27 bits per heavy atom. The number of fused-ring (bicyclic) bond motifs is 3. The molecule has 1 aliphatic rings. The molecule has 26 heavy (non-hydrogen) atoms. The number of methoxy groups -OCH3 is 1. The summed E-state index contributed by atoms with van der Waals surface area (Å²) in [5.41, 5.74) is 2.91. The normalized spacial score (nSPS) is 11.9. The van der Waals surface area contributed by atoms with Gasteiger partial charge in [-0.15, -0.1) is 11.3 Å². The number of phenols is 1. The molecule has 132 valence electrons. The van der Waals surface area contributed by atoms with Crippen LogP contribution in [0.1, 0.15) is 20.8 Å². The Kier molecular flexibility index (Phi) is 4.26. The molecule has 0 aliphatic carbocycles. The van der Waals surface area contributed by atoms with E-state index in [-0.39, 0.29) is 11.7 Å². The second-order valence-corrected chi connectivity index (χ2v) is 6.99. The lowest BCUT2D eigenvalue weighted by Gasteiger charge is -2.16. The number of amides is 1. The van der Waals surface area contributed by atoms with Crippen molar-refractivity contribution in [1.82, 2.24) is 5.32 Å². The van der Waals surface area contributed by atoms with Crippen molar-refractivity contribution in [2.45, 2.75) is 13.2 Å². The second kappa shape index (κ2) is 6.72. The van der Waals surface area contributed by atoms with Gasteiger partial charge in [-0.3, -0.25) is 4.79 Å². The van der Waals surface area contributed by atoms with Gasteiger partial charge in [0.05, 0.1) is 12.0 Å². The number of hydrogen-bond donors (Lipinski definition) is 2. The largest absolute Gasteiger partial charge is 0.504 e. The summed E-state index contributed by atoms with van der Waals surface area (Å²) in [6.45, 7) is 0.830. The molecule has 2 aromatic carbocycles. The van der Waals surface area contributed by atoms with Crippen molar-refractivity contribution in [2.24, 2.45) is 0 Å². The van der Waals surface area contributed by atoms with E-state index in [9.17, 15) is 9.90 Å². The third-order valence-corrected chi connectivity index (χ3v) is 5.45. The summed E-state index contributed by atoms with van der Waals surface area (Å²) in [7, 11) is 1.49. The Balaban J connectivity index is 1.51. The first-order valence-corrected chi connectivity index (χ1v) is 8.96. The summed E-state index contributed by atoms with van der Waals surface area (Å²) in [6.07, 6.45) is 0. The number of carbonyl (C=O) groups excluding carboxylic acids is 1. The topological polar surface area (TPSA) is 67.8 Å². The van der Waals surface area contributed by atoms with Crippen LogP contribution in [-0.2, 0) is 13.2 Å². The van der Waals surface area contributed by atoms with Gasteiger partial charge in [0.2, 0.25) is 0 Å². The third kappa shape index (κ3) is 2.99. The van der Waals surface area contributed by atoms with Gasteiger partial charge in [0.15, 0.2) is 11.5 Å². The van der Waals surface area contributed by atoms with Gasteiger partial charge < -0.3 is 19.9 Å².